The van der Waals surface area contributed by atoms with Gasteiger partial charge in [0, 0.05) is 12.2 Å². The van der Waals surface area contributed by atoms with Crippen molar-refractivity contribution < 1.29 is 9.47 Å². The fraction of sp³-hybridized carbons (Fsp3) is 0.562. The van der Waals surface area contributed by atoms with Crippen LogP contribution in [0.15, 0.2) is 18.2 Å². The lowest BCUT2D eigenvalue weighted by atomic mass is 9.90. The van der Waals surface area contributed by atoms with Gasteiger partial charge < -0.3 is 9.47 Å². The Hall–Kier alpha value is -1.53. The van der Waals surface area contributed by atoms with Crippen LogP contribution in [0, 0.1) is 17.2 Å². The summed E-state index contributed by atoms with van der Waals surface area (Å²) in [6.07, 6.45) is 6.61. The van der Waals surface area contributed by atoms with E-state index in [1.807, 2.05) is 12.1 Å². The Morgan fingerprint density at radius 3 is 2.74 bits per heavy atom. The van der Waals surface area contributed by atoms with E-state index in [9.17, 15) is 0 Å². The molecule has 19 heavy (non-hydrogen) atoms. The van der Waals surface area contributed by atoms with E-state index in [0.29, 0.717) is 18.1 Å². The van der Waals surface area contributed by atoms with Gasteiger partial charge in [-0.3, -0.25) is 0 Å². The van der Waals surface area contributed by atoms with Gasteiger partial charge in [-0.1, -0.05) is 19.3 Å². The molecule has 1 aliphatic carbocycles. The van der Waals surface area contributed by atoms with E-state index in [2.05, 4.69) is 6.07 Å². The summed E-state index contributed by atoms with van der Waals surface area (Å²) >= 11 is 0. The Labute approximate surface area is 115 Å². The summed E-state index contributed by atoms with van der Waals surface area (Å²) in [5.41, 5.74) is 1.61. The van der Waals surface area contributed by atoms with Crippen molar-refractivity contribution in [3.05, 3.63) is 29.3 Å². The van der Waals surface area contributed by atoms with E-state index in [1.54, 1.807) is 13.2 Å². The number of methoxy groups -OCH3 is 1. The molecule has 0 spiro atoms. The third-order valence-corrected chi connectivity index (χ3v) is 3.75. The first-order valence-corrected chi connectivity index (χ1v) is 6.98. The number of ether oxygens (including phenoxy) is 2. The minimum absolute atomic E-state index is 0.523. The largest absolute Gasteiger partial charge is 0.496 e. The van der Waals surface area contributed by atoms with Crippen molar-refractivity contribution in [2.75, 3.05) is 13.7 Å². The molecule has 2 rings (SSSR count). The first-order valence-electron chi connectivity index (χ1n) is 6.98. The molecule has 0 bridgehead atoms. The van der Waals surface area contributed by atoms with Crippen LogP contribution < -0.4 is 4.74 Å². The molecule has 1 aromatic rings. The number of benzene rings is 1. The van der Waals surface area contributed by atoms with Gasteiger partial charge in [-0.25, -0.2) is 0 Å². The topological polar surface area (TPSA) is 42.2 Å². The van der Waals surface area contributed by atoms with Crippen LogP contribution in [0.5, 0.6) is 5.75 Å². The van der Waals surface area contributed by atoms with E-state index >= 15 is 0 Å². The van der Waals surface area contributed by atoms with Crippen LogP contribution in [-0.4, -0.2) is 13.7 Å². The van der Waals surface area contributed by atoms with Gasteiger partial charge in [0.15, 0.2) is 0 Å². The summed E-state index contributed by atoms with van der Waals surface area (Å²) in [7, 11) is 1.64. The second-order valence-corrected chi connectivity index (χ2v) is 5.16. The molecule has 1 fully saturated rings. The van der Waals surface area contributed by atoms with Crippen LogP contribution in [0.25, 0.3) is 0 Å². The van der Waals surface area contributed by atoms with Crippen LogP contribution >= 0.6 is 0 Å². The average Bonchev–Trinajstić information content (AvgIpc) is 2.48. The molecule has 1 saturated carbocycles. The second-order valence-electron chi connectivity index (χ2n) is 5.16. The lowest BCUT2D eigenvalue weighted by Gasteiger charge is -2.21. The van der Waals surface area contributed by atoms with E-state index in [4.69, 9.17) is 14.7 Å². The molecular formula is C16H21NO2. The molecule has 1 aromatic carbocycles. The van der Waals surface area contributed by atoms with E-state index in [1.165, 1.54) is 32.1 Å². The van der Waals surface area contributed by atoms with Gasteiger partial charge in [0.25, 0.3) is 0 Å². The first-order chi connectivity index (χ1) is 9.33. The highest BCUT2D eigenvalue weighted by Gasteiger charge is 2.14. The number of hydrogen-bond donors (Lipinski definition) is 0. The zero-order valence-corrected chi connectivity index (χ0v) is 11.5. The lowest BCUT2D eigenvalue weighted by Crippen LogP contribution is -2.13. The number of rotatable bonds is 5. The molecule has 0 saturated heterocycles. The quantitative estimate of drug-likeness (QED) is 0.810. The number of hydrogen-bond acceptors (Lipinski definition) is 3. The Morgan fingerprint density at radius 2 is 2.05 bits per heavy atom. The normalized spacial score (nSPS) is 16.0. The number of nitrogens with zero attached hydrogens (tertiary/aromatic N) is 1. The van der Waals surface area contributed by atoms with Crippen LogP contribution in [0.2, 0.25) is 0 Å². The minimum Gasteiger partial charge on any atom is -0.496 e. The van der Waals surface area contributed by atoms with Crippen molar-refractivity contribution in [2.24, 2.45) is 5.92 Å². The molecule has 0 unspecified atom stereocenters. The summed E-state index contributed by atoms with van der Waals surface area (Å²) in [4.78, 5) is 0. The predicted octanol–water partition coefficient (Wildman–Crippen LogP) is 3.66. The van der Waals surface area contributed by atoms with Gasteiger partial charge in [0.05, 0.1) is 25.3 Å². The predicted molar refractivity (Wildman–Crippen MR) is 73.9 cm³/mol. The summed E-state index contributed by atoms with van der Waals surface area (Å²) in [5, 5.41) is 8.92. The lowest BCUT2D eigenvalue weighted by molar-refractivity contribution is 0.0727. The van der Waals surface area contributed by atoms with Gasteiger partial charge in [0.2, 0.25) is 0 Å². The summed E-state index contributed by atoms with van der Waals surface area (Å²) in [6, 6.07) is 7.59. The summed E-state index contributed by atoms with van der Waals surface area (Å²) in [5.74, 6) is 1.50. The van der Waals surface area contributed by atoms with Crippen molar-refractivity contribution in [2.45, 2.75) is 38.7 Å². The van der Waals surface area contributed by atoms with Gasteiger partial charge in [-0.15, -0.1) is 0 Å². The van der Waals surface area contributed by atoms with Crippen LogP contribution in [0.4, 0.5) is 0 Å². The van der Waals surface area contributed by atoms with Crippen molar-refractivity contribution in [1.82, 2.24) is 0 Å². The smallest absolute Gasteiger partial charge is 0.124 e. The highest BCUT2D eigenvalue weighted by atomic mass is 16.5. The molecular weight excluding hydrogens is 238 g/mol. The first kappa shape index (κ1) is 13.9. The highest BCUT2D eigenvalue weighted by molar-refractivity contribution is 5.41. The van der Waals surface area contributed by atoms with E-state index in [-0.39, 0.29) is 0 Å². The van der Waals surface area contributed by atoms with E-state index in [0.717, 1.165) is 17.9 Å². The molecule has 0 atom stereocenters. The van der Waals surface area contributed by atoms with Crippen LogP contribution in [-0.2, 0) is 11.3 Å². The van der Waals surface area contributed by atoms with Gasteiger partial charge in [-0.05, 0) is 37.0 Å². The Morgan fingerprint density at radius 1 is 1.26 bits per heavy atom. The Balaban J connectivity index is 1.89. The molecule has 0 N–H and O–H groups in total. The van der Waals surface area contributed by atoms with Gasteiger partial charge >= 0.3 is 0 Å². The molecule has 3 nitrogen and oxygen atoms in total. The molecule has 0 radical (unpaired) electrons. The summed E-state index contributed by atoms with van der Waals surface area (Å²) < 4.78 is 11.1. The van der Waals surface area contributed by atoms with Crippen LogP contribution in [0.3, 0.4) is 0 Å². The Bertz CT molecular complexity index is 445. The van der Waals surface area contributed by atoms with Crippen molar-refractivity contribution in [1.29, 1.82) is 5.26 Å². The Kier molecular flexibility index (Phi) is 5.23. The van der Waals surface area contributed by atoms with Gasteiger partial charge in [0.1, 0.15) is 5.75 Å². The van der Waals surface area contributed by atoms with Crippen LogP contribution in [0.1, 0.15) is 43.2 Å². The maximum Gasteiger partial charge on any atom is 0.124 e. The SMILES string of the molecule is COc1ccc(C#N)cc1COCC1CCCCC1. The molecule has 0 heterocycles. The molecule has 102 valence electrons. The fourth-order valence-corrected chi connectivity index (χ4v) is 2.65. The van der Waals surface area contributed by atoms with Crippen molar-refractivity contribution in [3.8, 4) is 11.8 Å². The van der Waals surface area contributed by atoms with Crippen molar-refractivity contribution >= 4 is 0 Å². The molecule has 0 aliphatic heterocycles. The van der Waals surface area contributed by atoms with E-state index < -0.39 is 0 Å². The molecule has 3 heteroatoms. The monoisotopic (exact) mass is 259 g/mol. The van der Waals surface area contributed by atoms with Gasteiger partial charge in [-0.2, -0.15) is 5.26 Å². The fourth-order valence-electron chi connectivity index (χ4n) is 2.65. The second kappa shape index (κ2) is 7.16. The van der Waals surface area contributed by atoms with Crippen molar-refractivity contribution in [3.63, 3.8) is 0 Å². The standard InChI is InChI=1S/C16H21NO2/c1-18-16-8-7-14(10-17)9-15(16)12-19-11-13-5-3-2-4-6-13/h7-9,13H,2-6,11-12H2,1H3. The average molecular weight is 259 g/mol. The molecule has 0 amide bonds. The zero-order chi connectivity index (χ0) is 13.5. The maximum atomic E-state index is 8.92. The molecule has 1 aliphatic rings. The maximum absolute atomic E-state index is 8.92. The highest BCUT2D eigenvalue weighted by Crippen LogP contribution is 2.25. The minimum atomic E-state index is 0.523. The third kappa shape index (κ3) is 3.97. The molecule has 0 aromatic heterocycles. The number of nitriles is 1. The summed E-state index contributed by atoms with van der Waals surface area (Å²) in [6.45, 7) is 1.34. The zero-order valence-electron chi connectivity index (χ0n) is 11.5. The third-order valence-electron chi connectivity index (χ3n) is 3.75.